The third-order valence-corrected chi connectivity index (χ3v) is 4.22. The van der Waals surface area contributed by atoms with Crippen molar-refractivity contribution < 1.29 is 9.21 Å². The average Bonchev–Trinajstić information content (AvgIpc) is 3.27. The Morgan fingerprint density at radius 1 is 1.19 bits per heavy atom. The number of carbonyl (C=O) groups excluding carboxylic acids is 1. The van der Waals surface area contributed by atoms with Gasteiger partial charge in [0, 0.05) is 0 Å². The number of hydrogen-bond donors (Lipinski definition) is 1. The molecule has 0 aliphatic rings. The molecule has 0 saturated carbocycles. The van der Waals surface area contributed by atoms with Crippen LogP contribution in [0.2, 0.25) is 0 Å². The predicted molar refractivity (Wildman–Crippen MR) is 101 cm³/mol. The van der Waals surface area contributed by atoms with Crippen molar-refractivity contribution >= 4 is 5.91 Å². The van der Waals surface area contributed by atoms with E-state index in [1.165, 1.54) is 0 Å². The first-order valence-corrected chi connectivity index (χ1v) is 9.07. The molecule has 3 rings (SSSR count). The number of furan rings is 1. The maximum Gasteiger partial charge on any atom is 0.255 e. The van der Waals surface area contributed by atoms with Gasteiger partial charge in [-0.25, -0.2) is 4.68 Å². The van der Waals surface area contributed by atoms with E-state index in [1.54, 1.807) is 6.26 Å². The molecule has 0 unspecified atom stereocenters. The number of rotatable bonds is 7. The third-order valence-electron chi connectivity index (χ3n) is 4.22. The van der Waals surface area contributed by atoms with Gasteiger partial charge in [0.05, 0.1) is 35.4 Å². The number of benzene rings is 1. The molecule has 2 heterocycles. The van der Waals surface area contributed by atoms with Crippen LogP contribution in [0, 0.1) is 5.92 Å². The number of nitrogens with zero attached hydrogens (tertiary/aromatic N) is 2. The maximum absolute atomic E-state index is 13.0. The average molecular weight is 351 g/mol. The van der Waals surface area contributed by atoms with Crippen molar-refractivity contribution in [2.75, 3.05) is 0 Å². The van der Waals surface area contributed by atoms with Crippen LogP contribution in [0.1, 0.15) is 48.3 Å². The van der Waals surface area contributed by atoms with Crippen LogP contribution in [0.4, 0.5) is 0 Å². The van der Waals surface area contributed by atoms with E-state index in [2.05, 4.69) is 26.1 Å². The lowest BCUT2D eigenvalue weighted by Gasteiger charge is -2.09. The Morgan fingerprint density at radius 2 is 1.96 bits per heavy atom. The van der Waals surface area contributed by atoms with Crippen molar-refractivity contribution in [2.24, 2.45) is 5.92 Å². The molecule has 5 nitrogen and oxygen atoms in total. The molecule has 0 spiro atoms. The number of para-hydroxylation sites is 1. The molecule has 1 aromatic carbocycles. The lowest BCUT2D eigenvalue weighted by atomic mass is 10.0. The zero-order valence-electron chi connectivity index (χ0n) is 15.5. The Bertz CT molecular complexity index is 849. The highest BCUT2D eigenvalue weighted by atomic mass is 16.3. The van der Waals surface area contributed by atoms with Gasteiger partial charge >= 0.3 is 0 Å². The lowest BCUT2D eigenvalue weighted by molar-refractivity contribution is 0.0946. The van der Waals surface area contributed by atoms with Crippen LogP contribution in [0.15, 0.2) is 53.1 Å². The van der Waals surface area contributed by atoms with Crippen molar-refractivity contribution in [1.82, 2.24) is 15.1 Å². The summed E-state index contributed by atoms with van der Waals surface area (Å²) in [6, 6.07) is 13.6. The Balaban J connectivity index is 1.97. The fourth-order valence-corrected chi connectivity index (χ4v) is 3.07. The molecule has 0 aliphatic carbocycles. The van der Waals surface area contributed by atoms with Gasteiger partial charge in [-0.05, 0) is 43.0 Å². The molecule has 2 aromatic heterocycles. The molecule has 136 valence electrons. The number of aromatic nitrogens is 2. The normalized spacial score (nSPS) is 11.1. The highest BCUT2D eigenvalue weighted by molar-refractivity contribution is 5.96. The van der Waals surface area contributed by atoms with Gasteiger partial charge in [0.1, 0.15) is 5.76 Å². The minimum Gasteiger partial charge on any atom is -0.467 e. The maximum atomic E-state index is 13.0. The summed E-state index contributed by atoms with van der Waals surface area (Å²) >= 11 is 0. The predicted octanol–water partition coefficient (Wildman–Crippen LogP) is 4.16. The molecule has 26 heavy (non-hydrogen) atoms. The van der Waals surface area contributed by atoms with E-state index in [1.807, 2.05) is 47.1 Å². The fourth-order valence-electron chi connectivity index (χ4n) is 3.07. The number of nitrogens with one attached hydrogen (secondary N) is 1. The van der Waals surface area contributed by atoms with Gasteiger partial charge in [0.25, 0.3) is 5.91 Å². The van der Waals surface area contributed by atoms with Crippen LogP contribution in [0.5, 0.6) is 0 Å². The quantitative estimate of drug-likeness (QED) is 0.695. The van der Waals surface area contributed by atoms with Crippen molar-refractivity contribution in [3.63, 3.8) is 0 Å². The van der Waals surface area contributed by atoms with E-state index >= 15 is 0 Å². The molecule has 0 aliphatic heterocycles. The zero-order valence-corrected chi connectivity index (χ0v) is 15.5. The summed E-state index contributed by atoms with van der Waals surface area (Å²) in [5.41, 5.74) is 3.44. The van der Waals surface area contributed by atoms with Gasteiger partial charge in [-0.1, -0.05) is 39.0 Å². The largest absolute Gasteiger partial charge is 0.467 e. The SMILES string of the molecule is CCc1c(C(=O)NCc2ccco2)c(CC(C)C)nn1-c1ccccc1. The first-order chi connectivity index (χ1) is 12.6. The zero-order chi connectivity index (χ0) is 18.5. The Morgan fingerprint density at radius 3 is 2.58 bits per heavy atom. The standard InChI is InChI=1S/C21H25N3O2/c1-4-19-20(21(25)22-14-17-11-8-12-26-17)18(13-15(2)3)23-24(19)16-9-6-5-7-10-16/h5-12,15H,4,13-14H2,1-3H3,(H,22,25). The Kier molecular flexibility index (Phi) is 5.56. The van der Waals surface area contributed by atoms with Crippen molar-refractivity contribution in [3.8, 4) is 5.69 Å². The summed E-state index contributed by atoms with van der Waals surface area (Å²) in [5, 5.41) is 7.76. The van der Waals surface area contributed by atoms with Gasteiger partial charge in [-0.2, -0.15) is 5.10 Å². The first kappa shape index (κ1) is 18.0. The molecule has 0 radical (unpaired) electrons. The van der Waals surface area contributed by atoms with Crippen LogP contribution >= 0.6 is 0 Å². The highest BCUT2D eigenvalue weighted by Crippen LogP contribution is 2.22. The Hall–Kier alpha value is -2.82. The van der Waals surface area contributed by atoms with E-state index < -0.39 is 0 Å². The molecular formula is C21H25N3O2. The third kappa shape index (κ3) is 3.87. The number of hydrogen-bond acceptors (Lipinski definition) is 3. The molecule has 5 heteroatoms. The van der Waals surface area contributed by atoms with Gasteiger partial charge in [-0.3, -0.25) is 4.79 Å². The van der Waals surface area contributed by atoms with Crippen LogP contribution in [-0.2, 0) is 19.4 Å². The molecule has 0 saturated heterocycles. The fraction of sp³-hybridized carbons (Fsp3) is 0.333. The molecule has 0 bridgehead atoms. The second-order valence-electron chi connectivity index (χ2n) is 6.73. The summed E-state index contributed by atoms with van der Waals surface area (Å²) < 4.78 is 7.21. The van der Waals surface area contributed by atoms with Crippen LogP contribution in [-0.4, -0.2) is 15.7 Å². The minimum absolute atomic E-state index is 0.101. The van der Waals surface area contributed by atoms with E-state index in [4.69, 9.17) is 9.52 Å². The molecule has 3 aromatic rings. The molecule has 1 amide bonds. The summed E-state index contributed by atoms with van der Waals surface area (Å²) in [4.78, 5) is 13.0. The van der Waals surface area contributed by atoms with Crippen molar-refractivity contribution in [1.29, 1.82) is 0 Å². The first-order valence-electron chi connectivity index (χ1n) is 9.07. The van der Waals surface area contributed by atoms with Crippen LogP contribution < -0.4 is 5.32 Å². The Labute approximate surface area is 154 Å². The number of carbonyl (C=O) groups is 1. The van der Waals surface area contributed by atoms with E-state index in [9.17, 15) is 4.79 Å². The second-order valence-corrected chi connectivity index (χ2v) is 6.73. The number of amides is 1. The highest BCUT2D eigenvalue weighted by Gasteiger charge is 2.24. The van der Waals surface area contributed by atoms with Crippen LogP contribution in [0.25, 0.3) is 5.69 Å². The second kappa shape index (κ2) is 8.04. The molecular weight excluding hydrogens is 326 g/mol. The van der Waals surface area contributed by atoms with E-state index in [-0.39, 0.29) is 5.91 Å². The van der Waals surface area contributed by atoms with E-state index in [0.29, 0.717) is 18.0 Å². The lowest BCUT2D eigenvalue weighted by Crippen LogP contribution is -2.25. The van der Waals surface area contributed by atoms with Crippen molar-refractivity contribution in [3.05, 3.63) is 71.4 Å². The summed E-state index contributed by atoms with van der Waals surface area (Å²) in [6.07, 6.45) is 3.09. The van der Waals surface area contributed by atoms with Crippen LogP contribution in [0.3, 0.4) is 0 Å². The van der Waals surface area contributed by atoms with Gasteiger partial charge < -0.3 is 9.73 Å². The van der Waals surface area contributed by atoms with Gasteiger partial charge in [0.15, 0.2) is 0 Å². The summed E-state index contributed by atoms with van der Waals surface area (Å²) in [6.45, 7) is 6.70. The topological polar surface area (TPSA) is 60.1 Å². The molecule has 1 N–H and O–H groups in total. The summed E-state index contributed by atoms with van der Waals surface area (Å²) in [7, 11) is 0. The monoisotopic (exact) mass is 351 g/mol. The van der Waals surface area contributed by atoms with Gasteiger partial charge in [-0.15, -0.1) is 0 Å². The smallest absolute Gasteiger partial charge is 0.255 e. The van der Waals surface area contributed by atoms with Crippen molar-refractivity contribution in [2.45, 2.75) is 40.2 Å². The molecule has 0 fully saturated rings. The van der Waals surface area contributed by atoms with Gasteiger partial charge in [0.2, 0.25) is 0 Å². The summed E-state index contributed by atoms with van der Waals surface area (Å²) in [5.74, 6) is 1.05. The van der Waals surface area contributed by atoms with E-state index in [0.717, 1.165) is 35.7 Å². The minimum atomic E-state index is -0.101. The molecule has 0 atom stereocenters.